The van der Waals surface area contributed by atoms with Crippen molar-refractivity contribution in [2.24, 2.45) is 5.10 Å². The number of amides is 1. The number of thioether (sulfide) groups is 2. The number of aryl methyl sites for hydroxylation is 1. The molecule has 2 aromatic heterocycles. The number of carbonyl (C=O) groups excluding carboxylic acids is 1. The summed E-state index contributed by atoms with van der Waals surface area (Å²) in [6.07, 6.45) is 1.46. The summed E-state index contributed by atoms with van der Waals surface area (Å²) in [5.74, 6) is 2.17. The molecule has 0 spiro atoms. The van der Waals surface area contributed by atoms with E-state index >= 15 is 0 Å². The van der Waals surface area contributed by atoms with Gasteiger partial charge in [0.15, 0.2) is 8.68 Å². The van der Waals surface area contributed by atoms with Gasteiger partial charge in [-0.2, -0.15) is 5.10 Å². The molecular weight excluding hydrogens is 424 g/mol. The Hall–Kier alpha value is -1.81. The molecule has 0 unspecified atom stereocenters. The minimum Gasteiger partial charge on any atom is -0.460 e. The van der Waals surface area contributed by atoms with E-state index in [0.29, 0.717) is 5.76 Å². The number of rotatable bonds is 8. The number of nitrogens with zero attached hydrogens (tertiary/aromatic N) is 3. The Balaban J connectivity index is 1.40. The summed E-state index contributed by atoms with van der Waals surface area (Å²) < 4.78 is 6.93. The number of furan rings is 1. The van der Waals surface area contributed by atoms with Crippen molar-refractivity contribution in [2.45, 2.75) is 21.4 Å². The highest BCUT2D eigenvalue weighted by molar-refractivity contribution is 8.03. The fourth-order valence-corrected chi connectivity index (χ4v) is 4.78. The van der Waals surface area contributed by atoms with E-state index in [2.05, 4.69) is 20.7 Å². The molecule has 6 nitrogen and oxygen atoms in total. The van der Waals surface area contributed by atoms with E-state index < -0.39 is 0 Å². The van der Waals surface area contributed by atoms with Gasteiger partial charge in [0.1, 0.15) is 11.5 Å². The van der Waals surface area contributed by atoms with E-state index in [9.17, 15) is 4.79 Å². The van der Waals surface area contributed by atoms with Gasteiger partial charge in [-0.3, -0.25) is 4.79 Å². The van der Waals surface area contributed by atoms with Crippen LogP contribution in [0.1, 0.15) is 17.1 Å². The Labute approximate surface area is 173 Å². The fraction of sp³-hybridized carbons (Fsp3) is 0.176. The lowest BCUT2D eigenvalue weighted by Gasteiger charge is -1.98. The maximum Gasteiger partial charge on any atom is 0.250 e. The monoisotopic (exact) mass is 438 g/mol. The van der Waals surface area contributed by atoms with Crippen LogP contribution in [0.3, 0.4) is 0 Å². The van der Waals surface area contributed by atoms with Gasteiger partial charge < -0.3 is 4.42 Å². The molecule has 0 aliphatic rings. The van der Waals surface area contributed by atoms with Gasteiger partial charge in [-0.1, -0.05) is 58.6 Å². The predicted molar refractivity (Wildman–Crippen MR) is 111 cm³/mol. The predicted octanol–water partition coefficient (Wildman–Crippen LogP) is 4.63. The van der Waals surface area contributed by atoms with Crippen LogP contribution in [0.4, 0.5) is 0 Å². The highest BCUT2D eigenvalue weighted by Crippen LogP contribution is 2.30. The van der Waals surface area contributed by atoms with Crippen LogP contribution in [0.25, 0.3) is 0 Å². The molecule has 10 heteroatoms. The Kier molecular flexibility index (Phi) is 7.33. The maximum atomic E-state index is 11.8. The first kappa shape index (κ1) is 19.9. The molecule has 1 aromatic carbocycles. The highest BCUT2D eigenvalue weighted by atomic mass is 35.5. The molecule has 0 saturated heterocycles. The first-order valence-corrected chi connectivity index (χ1v) is 11.0. The van der Waals surface area contributed by atoms with Crippen molar-refractivity contribution in [3.05, 3.63) is 58.5 Å². The number of nitrogens with one attached hydrogen (secondary N) is 1. The summed E-state index contributed by atoms with van der Waals surface area (Å²) in [5, 5.41) is 12.8. The summed E-state index contributed by atoms with van der Waals surface area (Å²) in [4.78, 5) is 11.8. The second-order valence-corrected chi connectivity index (χ2v) is 9.14. The molecule has 140 valence electrons. The largest absolute Gasteiger partial charge is 0.460 e. The van der Waals surface area contributed by atoms with Crippen LogP contribution >= 0.6 is 46.5 Å². The van der Waals surface area contributed by atoms with Crippen LogP contribution in [0.15, 0.2) is 54.6 Å². The third-order valence-electron chi connectivity index (χ3n) is 3.13. The molecule has 0 saturated carbocycles. The third kappa shape index (κ3) is 6.69. The van der Waals surface area contributed by atoms with Gasteiger partial charge in [-0.25, -0.2) is 5.43 Å². The molecule has 3 aromatic rings. The molecule has 0 aliphatic heterocycles. The van der Waals surface area contributed by atoms with E-state index in [1.807, 2.05) is 37.3 Å². The first-order valence-electron chi connectivity index (χ1n) is 7.80. The molecule has 1 amide bonds. The minimum atomic E-state index is -0.218. The zero-order valence-electron chi connectivity index (χ0n) is 14.2. The van der Waals surface area contributed by atoms with Gasteiger partial charge in [-0.15, -0.1) is 10.2 Å². The Morgan fingerprint density at radius 3 is 2.67 bits per heavy atom. The van der Waals surface area contributed by atoms with Gasteiger partial charge in [-0.05, 0) is 36.8 Å². The minimum absolute atomic E-state index is 0.213. The van der Waals surface area contributed by atoms with Crippen molar-refractivity contribution in [3.8, 4) is 0 Å². The second kappa shape index (κ2) is 9.93. The van der Waals surface area contributed by atoms with E-state index in [4.69, 9.17) is 16.0 Å². The van der Waals surface area contributed by atoms with Crippen LogP contribution in [0.2, 0.25) is 5.02 Å². The second-order valence-electron chi connectivity index (χ2n) is 5.28. The summed E-state index contributed by atoms with van der Waals surface area (Å²) >= 11 is 10.3. The van der Waals surface area contributed by atoms with Crippen LogP contribution in [0, 0.1) is 6.92 Å². The lowest BCUT2D eigenvalue weighted by Crippen LogP contribution is -2.19. The molecule has 2 heterocycles. The lowest BCUT2D eigenvalue weighted by atomic mass is 10.2. The van der Waals surface area contributed by atoms with E-state index in [1.165, 1.54) is 29.3 Å². The molecule has 3 rings (SSSR count). The average Bonchev–Trinajstić information content (AvgIpc) is 3.28. The van der Waals surface area contributed by atoms with Crippen molar-refractivity contribution in [2.75, 3.05) is 5.75 Å². The average molecular weight is 439 g/mol. The zero-order chi connectivity index (χ0) is 19.1. The van der Waals surface area contributed by atoms with Crippen LogP contribution < -0.4 is 5.43 Å². The van der Waals surface area contributed by atoms with Crippen molar-refractivity contribution in [1.29, 1.82) is 0 Å². The smallest absolute Gasteiger partial charge is 0.250 e. The SMILES string of the molecule is Cc1ccc(C=NNC(=O)CSc2nnc(SCc3ccc(Cl)cc3)s2)o1. The topological polar surface area (TPSA) is 80.4 Å². The first-order chi connectivity index (χ1) is 13.1. The number of carbonyl (C=O) groups is 1. The number of hydrogen-bond acceptors (Lipinski definition) is 8. The standard InChI is InChI=1S/C17H15ClN4O2S3/c1-11-2-7-14(24-11)8-19-20-15(23)10-26-17-22-21-16(27-17)25-9-12-3-5-13(18)6-4-12/h2-8H,9-10H2,1H3,(H,20,23). The van der Waals surface area contributed by atoms with E-state index in [0.717, 1.165) is 30.8 Å². The Morgan fingerprint density at radius 1 is 1.22 bits per heavy atom. The van der Waals surface area contributed by atoms with E-state index in [-0.39, 0.29) is 11.7 Å². The fourth-order valence-electron chi connectivity index (χ4n) is 1.89. The normalized spacial score (nSPS) is 11.2. The van der Waals surface area contributed by atoms with Crippen molar-refractivity contribution in [3.63, 3.8) is 0 Å². The number of hydrazone groups is 1. The molecule has 0 radical (unpaired) electrons. The van der Waals surface area contributed by atoms with Gasteiger partial charge in [0.25, 0.3) is 5.91 Å². The van der Waals surface area contributed by atoms with Crippen LogP contribution in [-0.4, -0.2) is 28.1 Å². The van der Waals surface area contributed by atoms with Crippen molar-refractivity contribution >= 4 is 58.6 Å². The molecule has 1 N–H and O–H groups in total. The van der Waals surface area contributed by atoms with Crippen molar-refractivity contribution in [1.82, 2.24) is 15.6 Å². The number of benzene rings is 1. The van der Waals surface area contributed by atoms with Gasteiger partial charge in [0.05, 0.1) is 12.0 Å². The maximum absolute atomic E-state index is 11.8. The van der Waals surface area contributed by atoms with Gasteiger partial charge in [0, 0.05) is 10.8 Å². The molecule has 0 aliphatic carbocycles. The Morgan fingerprint density at radius 2 is 1.96 bits per heavy atom. The summed E-state index contributed by atoms with van der Waals surface area (Å²) in [7, 11) is 0. The van der Waals surface area contributed by atoms with Crippen molar-refractivity contribution < 1.29 is 9.21 Å². The van der Waals surface area contributed by atoms with E-state index in [1.54, 1.807) is 17.8 Å². The van der Waals surface area contributed by atoms with Gasteiger partial charge >= 0.3 is 0 Å². The van der Waals surface area contributed by atoms with Gasteiger partial charge in [0.2, 0.25) is 0 Å². The quantitative estimate of drug-likeness (QED) is 0.314. The molecular formula is C17H15ClN4O2S3. The summed E-state index contributed by atoms with van der Waals surface area (Å²) in [6, 6.07) is 11.3. The van der Waals surface area contributed by atoms with Crippen LogP contribution in [0.5, 0.6) is 0 Å². The zero-order valence-corrected chi connectivity index (χ0v) is 17.4. The number of aromatic nitrogens is 2. The lowest BCUT2D eigenvalue weighted by molar-refractivity contribution is -0.118. The third-order valence-corrected chi connectivity index (χ3v) is 6.65. The Bertz CT molecular complexity index is 924. The highest BCUT2D eigenvalue weighted by Gasteiger charge is 2.08. The molecule has 0 bridgehead atoms. The molecule has 0 fully saturated rings. The van der Waals surface area contributed by atoms with Crippen LogP contribution in [-0.2, 0) is 10.5 Å². The number of halogens is 1. The summed E-state index contributed by atoms with van der Waals surface area (Å²) in [6.45, 7) is 1.84. The molecule has 0 atom stereocenters. The summed E-state index contributed by atoms with van der Waals surface area (Å²) in [5.41, 5.74) is 3.62. The molecule has 27 heavy (non-hydrogen) atoms. The number of hydrogen-bond donors (Lipinski definition) is 1.